The molecular weight excluding hydrogens is 258 g/mol. The Hall–Kier alpha value is -0.740. The molecule has 1 aliphatic rings. The summed E-state index contributed by atoms with van der Waals surface area (Å²) in [5, 5.41) is 0. The van der Waals surface area contributed by atoms with Crippen LogP contribution in [0.2, 0.25) is 0 Å². The van der Waals surface area contributed by atoms with Crippen LogP contribution >= 0.6 is 15.9 Å². The van der Waals surface area contributed by atoms with Gasteiger partial charge in [0.1, 0.15) is 0 Å². The zero-order chi connectivity index (χ0) is 10.8. The van der Waals surface area contributed by atoms with Gasteiger partial charge in [0.15, 0.2) is 11.5 Å². The maximum atomic E-state index is 5.68. The Morgan fingerprint density at radius 2 is 2.40 bits per heavy atom. The third kappa shape index (κ3) is 2.11. The van der Waals surface area contributed by atoms with Gasteiger partial charge in [0.25, 0.3) is 0 Å². The highest BCUT2D eigenvalue weighted by Gasteiger charge is 2.22. The minimum Gasteiger partial charge on any atom is -0.493 e. The first kappa shape index (κ1) is 10.8. The molecule has 1 aromatic carbocycles. The van der Waals surface area contributed by atoms with Gasteiger partial charge >= 0.3 is 0 Å². The van der Waals surface area contributed by atoms with Gasteiger partial charge < -0.3 is 15.2 Å². The van der Waals surface area contributed by atoms with Crippen LogP contribution in [0, 0.1) is 5.92 Å². The third-order valence-corrected chi connectivity index (χ3v) is 3.08. The molecule has 4 heteroatoms. The molecule has 82 valence electrons. The number of benzene rings is 1. The van der Waals surface area contributed by atoms with E-state index in [0.29, 0.717) is 19.1 Å². The van der Waals surface area contributed by atoms with Gasteiger partial charge in [-0.05, 0) is 30.7 Å². The van der Waals surface area contributed by atoms with Crippen LogP contribution in [0.25, 0.3) is 0 Å². The zero-order valence-electron chi connectivity index (χ0n) is 8.63. The van der Waals surface area contributed by atoms with E-state index in [-0.39, 0.29) is 0 Å². The summed E-state index contributed by atoms with van der Waals surface area (Å²) in [6, 6.07) is 3.99. The van der Waals surface area contributed by atoms with E-state index in [1.54, 1.807) is 7.11 Å². The number of rotatable bonds is 2. The van der Waals surface area contributed by atoms with Crippen molar-refractivity contribution >= 4 is 15.9 Å². The first-order chi connectivity index (χ1) is 7.24. The van der Waals surface area contributed by atoms with E-state index in [1.165, 1.54) is 5.56 Å². The van der Waals surface area contributed by atoms with Crippen molar-refractivity contribution in [3.8, 4) is 11.5 Å². The Bertz CT molecular complexity index is 368. The fraction of sp³-hybridized carbons (Fsp3) is 0.455. The van der Waals surface area contributed by atoms with Gasteiger partial charge in [-0.25, -0.2) is 0 Å². The van der Waals surface area contributed by atoms with Gasteiger partial charge in [-0.3, -0.25) is 0 Å². The number of ether oxygens (including phenoxy) is 2. The van der Waals surface area contributed by atoms with Gasteiger partial charge in [-0.15, -0.1) is 0 Å². The fourth-order valence-corrected chi connectivity index (χ4v) is 2.30. The fourth-order valence-electron chi connectivity index (χ4n) is 1.81. The van der Waals surface area contributed by atoms with Crippen molar-refractivity contribution in [2.24, 2.45) is 11.7 Å². The van der Waals surface area contributed by atoms with Crippen molar-refractivity contribution < 1.29 is 9.47 Å². The van der Waals surface area contributed by atoms with Crippen molar-refractivity contribution in [3.63, 3.8) is 0 Å². The molecule has 1 aliphatic heterocycles. The molecule has 0 aromatic heterocycles. The second-order valence-corrected chi connectivity index (χ2v) is 4.63. The van der Waals surface area contributed by atoms with Crippen LogP contribution in [0.5, 0.6) is 11.5 Å². The van der Waals surface area contributed by atoms with Gasteiger partial charge in [-0.1, -0.05) is 15.9 Å². The lowest BCUT2D eigenvalue weighted by atomic mass is 9.96. The van der Waals surface area contributed by atoms with E-state index in [2.05, 4.69) is 22.0 Å². The predicted molar refractivity (Wildman–Crippen MR) is 62.4 cm³/mol. The molecule has 0 radical (unpaired) electrons. The van der Waals surface area contributed by atoms with Gasteiger partial charge in [0.2, 0.25) is 0 Å². The summed E-state index contributed by atoms with van der Waals surface area (Å²) in [7, 11) is 1.65. The summed E-state index contributed by atoms with van der Waals surface area (Å²) in [6.45, 7) is 1.34. The Labute approximate surface area is 97.7 Å². The molecule has 0 amide bonds. The predicted octanol–water partition coefficient (Wildman–Crippen LogP) is 1.97. The van der Waals surface area contributed by atoms with Gasteiger partial charge in [-0.2, -0.15) is 0 Å². The SMILES string of the molecule is COc1cc(Br)cc2c1OC[C@@H](CN)C2. The molecule has 2 rings (SSSR count). The van der Waals surface area contributed by atoms with Crippen LogP contribution in [0.4, 0.5) is 0 Å². The molecule has 0 saturated heterocycles. The summed E-state index contributed by atoms with van der Waals surface area (Å²) >= 11 is 3.46. The molecule has 1 heterocycles. The van der Waals surface area contributed by atoms with Gasteiger partial charge in [0.05, 0.1) is 13.7 Å². The minimum absolute atomic E-state index is 0.413. The highest BCUT2D eigenvalue weighted by atomic mass is 79.9. The van der Waals surface area contributed by atoms with Crippen molar-refractivity contribution in [1.29, 1.82) is 0 Å². The summed E-state index contributed by atoms with van der Waals surface area (Å²) in [4.78, 5) is 0. The number of hydrogen-bond acceptors (Lipinski definition) is 3. The van der Waals surface area contributed by atoms with Crippen molar-refractivity contribution in [2.75, 3.05) is 20.3 Å². The molecule has 1 atom stereocenters. The molecule has 15 heavy (non-hydrogen) atoms. The Kier molecular flexibility index (Phi) is 3.17. The van der Waals surface area contributed by atoms with Crippen LogP contribution in [0.3, 0.4) is 0 Å². The number of halogens is 1. The average molecular weight is 272 g/mol. The summed E-state index contributed by atoms with van der Waals surface area (Å²) in [6.07, 6.45) is 0.960. The molecule has 2 N–H and O–H groups in total. The maximum absolute atomic E-state index is 5.68. The number of hydrogen-bond donors (Lipinski definition) is 1. The molecule has 1 aromatic rings. The quantitative estimate of drug-likeness (QED) is 0.895. The monoisotopic (exact) mass is 271 g/mol. The van der Waals surface area contributed by atoms with E-state index in [1.807, 2.05) is 6.07 Å². The Morgan fingerprint density at radius 1 is 1.60 bits per heavy atom. The van der Waals surface area contributed by atoms with E-state index < -0.39 is 0 Å². The molecule has 0 saturated carbocycles. The zero-order valence-corrected chi connectivity index (χ0v) is 10.2. The lowest BCUT2D eigenvalue weighted by Gasteiger charge is -2.25. The van der Waals surface area contributed by atoms with E-state index in [0.717, 1.165) is 22.4 Å². The minimum atomic E-state index is 0.413. The third-order valence-electron chi connectivity index (χ3n) is 2.62. The van der Waals surface area contributed by atoms with Crippen molar-refractivity contribution in [3.05, 3.63) is 22.2 Å². The topological polar surface area (TPSA) is 44.5 Å². The van der Waals surface area contributed by atoms with Crippen LogP contribution in [-0.4, -0.2) is 20.3 Å². The molecule has 0 fully saturated rings. The van der Waals surface area contributed by atoms with Crippen LogP contribution in [-0.2, 0) is 6.42 Å². The maximum Gasteiger partial charge on any atom is 0.164 e. The highest BCUT2D eigenvalue weighted by molar-refractivity contribution is 9.10. The van der Waals surface area contributed by atoms with E-state index in [4.69, 9.17) is 15.2 Å². The smallest absolute Gasteiger partial charge is 0.164 e. The molecule has 0 aliphatic carbocycles. The second-order valence-electron chi connectivity index (χ2n) is 3.71. The Morgan fingerprint density at radius 3 is 3.07 bits per heavy atom. The highest BCUT2D eigenvalue weighted by Crippen LogP contribution is 2.38. The molecule has 3 nitrogen and oxygen atoms in total. The molecule has 0 unspecified atom stereocenters. The first-order valence-electron chi connectivity index (χ1n) is 4.94. The molecular formula is C11H14BrNO2. The van der Waals surface area contributed by atoms with Gasteiger partial charge in [0, 0.05) is 10.4 Å². The van der Waals surface area contributed by atoms with E-state index in [9.17, 15) is 0 Å². The average Bonchev–Trinajstić information content (AvgIpc) is 2.26. The normalized spacial score (nSPS) is 19.3. The summed E-state index contributed by atoms with van der Waals surface area (Å²) < 4.78 is 12.0. The molecule has 0 spiro atoms. The molecule has 0 bridgehead atoms. The van der Waals surface area contributed by atoms with Crippen molar-refractivity contribution in [1.82, 2.24) is 0 Å². The first-order valence-corrected chi connectivity index (χ1v) is 5.73. The van der Waals surface area contributed by atoms with E-state index >= 15 is 0 Å². The summed E-state index contributed by atoms with van der Waals surface area (Å²) in [5.41, 5.74) is 6.82. The Balaban J connectivity index is 2.38. The lowest BCUT2D eigenvalue weighted by molar-refractivity contribution is 0.215. The van der Waals surface area contributed by atoms with Crippen LogP contribution < -0.4 is 15.2 Å². The number of nitrogens with two attached hydrogens (primary N) is 1. The second kappa shape index (κ2) is 4.41. The number of methoxy groups -OCH3 is 1. The lowest BCUT2D eigenvalue weighted by Crippen LogP contribution is -2.27. The van der Waals surface area contributed by atoms with Crippen molar-refractivity contribution in [2.45, 2.75) is 6.42 Å². The number of fused-ring (bicyclic) bond motifs is 1. The summed E-state index contributed by atoms with van der Waals surface area (Å²) in [5.74, 6) is 2.07. The largest absolute Gasteiger partial charge is 0.493 e. The standard InChI is InChI=1S/C11H14BrNO2/c1-14-10-4-9(12)3-8-2-7(5-13)6-15-11(8)10/h3-4,7H,2,5-6,13H2,1H3/t7-/m1/s1. The van der Waals surface area contributed by atoms with Crippen LogP contribution in [0.15, 0.2) is 16.6 Å². The van der Waals surface area contributed by atoms with Crippen LogP contribution in [0.1, 0.15) is 5.56 Å².